The molecule has 0 aliphatic carbocycles. The minimum absolute atomic E-state index is 0.293. The lowest BCUT2D eigenvalue weighted by atomic mass is 10.2. The molecule has 21 heavy (non-hydrogen) atoms. The predicted molar refractivity (Wildman–Crippen MR) is 80.8 cm³/mol. The molecule has 2 aromatic rings. The van der Waals surface area contributed by atoms with Crippen LogP contribution in [0.3, 0.4) is 0 Å². The number of para-hydroxylation sites is 1. The van der Waals surface area contributed by atoms with Crippen molar-refractivity contribution in [1.82, 2.24) is 0 Å². The summed E-state index contributed by atoms with van der Waals surface area (Å²) in [7, 11) is 0. The number of hydrogen-bond donors (Lipinski definition) is 2. The highest BCUT2D eigenvalue weighted by atomic mass is 19.1. The summed E-state index contributed by atoms with van der Waals surface area (Å²) >= 11 is 0. The molecule has 2 N–H and O–H groups in total. The zero-order valence-electron chi connectivity index (χ0n) is 11.7. The number of rotatable bonds is 5. The lowest BCUT2D eigenvalue weighted by Gasteiger charge is -2.09. The molecule has 0 atom stereocenters. The van der Waals surface area contributed by atoms with Gasteiger partial charge in [-0.2, -0.15) is 0 Å². The molecule has 0 spiro atoms. The first-order chi connectivity index (χ1) is 10.2. The molecule has 0 fully saturated rings. The number of amides is 1. The van der Waals surface area contributed by atoms with E-state index in [2.05, 4.69) is 10.6 Å². The van der Waals surface area contributed by atoms with Gasteiger partial charge in [0.15, 0.2) is 0 Å². The molecule has 0 heterocycles. The van der Waals surface area contributed by atoms with Crippen molar-refractivity contribution in [3.05, 3.63) is 59.9 Å². The summed E-state index contributed by atoms with van der Waals surface area (Å²) in [6, 6.07) is 13.8. The fourth-order valence-corrected chi connectivity index (χ4v) is 1.85. The normalized spacial score (nSPS) is 10.0. The van der Waals surface area contributed by atoms with Crippen LogP contribution in [0.15, 0.2) is 48.5 Å². The van der Waals surface area contributed by atoms with Crippen LogP contribution in [0.2, 0.25) is 0 Å². The largest absolute Gasteiger partial charge is 0.450 e. The van der Waals surface area contributed by atoms with Crippen LogP contribution in [0.25, 0.3) is 0 Å². The summed E-state index contributed by atoms with van der Waals surface area (Å²) in [6.07, 6.45) is -0.489. The van der Waals surface area contributed by atoms with Crippen molar-refractivity contribution >= 4 is 17.5 Å². The molecular weight excluding hydrogens is 271 g/mol. The number of nitrogens with one attached hydrogen (secondary N) is 2. The molecule has 110 valence electrons. The lowest BCUT2D eigenvalue weighted by Crippen LogP contribution is -2.13. The SMILES string of the molecule is CCOC(=O)Nc1cccc(CNc2ccccc2F)c1. The standard InChI is InChI=1S/C16H17FN2O2/c1-2-21-16(20)19-13-7-5-6-12(10-13)11-18-15-9-4-3-8-14(15)17/h3-10,18H,2,11H2,1H3,(H,19,20). The highest BCUT2D eigenvalue weighted by Crippen LogP contribution is 2.16. The predicted octanol–water partition coefficient (Wildman–Crippen LogP) is 4.01. The van der Waals surface area contributed by atoms with Gasteiger partial charge >= 0.3 is 6.09 Å². The van der Waals surface area contributed by atoms with Gasteiger partial charge in [-0.25, -0.2) is 9.18 Å². The van der Waals surface area contributed by atoms with Gasteiger partial charge in [0, 0.05) is 12.2 Å². The van der Waals surface area contributed by atoms with Crippen LogP contribution in [-0.2, 0) is 11.3 Å². The van der Waals surface area contributed by atoms with E-state index in [1.807, 2.05) is 18.2 Å². The van der Waals surface area contributed by atoms with Gasteiger partial charge < -0.3 is 10.1 Å². The van der Waals surface area contributed by atoms with E-state index in [9.17, 15) is 9.18 Å². The third-order valence-electron chi connectivity index (χ3n) is 2.81. The molecule has 0 aromatic heterocycles. The number of halogens is 1. The Morgan fingerprint density at radius 3 is 2.76 bits per heavy atom. The molecule has 0 unspecified atom stereocenters. The van der Waals surface area contributed by atoms with Gasteiger partial charge in [-0.05, 0) is 36.8 Å². The van der Waals surface area contributed by atoms with E-state index < -0.39 is 6.09 Å². The van der Waals surface area contributed by atoms with Crippen LogP contribution in [-0.4, -0.2) is 12.7 Å². The quantitative estimate of drug-likeness (QED) is 0.874. The fourth-order valence-electron chi connectivity index (χ4n) is 1.85. The van der Waals surface area contributed by atoms with Crippen molar-refractivity contribution in [3.8, 4) is 0 Å². The topological polar surface area (TPSA) is 50.4 Å². The minimum atomic E-state index is -0.489. The molecule has 0 saturated heterocycles. The molecule has 4 nitrogen and oxygen atoms in total. The first kappa shape index (κ1) is 14.8. The second kappa shape index (κ2) is 7.28. The Morgan fingerprint density at radius 2 is 2.00 bits per heavy atom. The zero-order valence-corrected chi connectivity index (χ0v) is 11.7. The highest BCUT2D eigenvalue weighted by molar-refractivity contribution is 5.84. The molecule has 2 aromatic carbocycles. The van der Waals surface area contributed by atoms with E-state index >= 15 is 0 Å². The van der Waals surface area contributed by atoms with Crippen LogP contribution in [0, 0.1) is 5.82 Å². The van der Waals surface area contributed by atoms with Gasteiger partial charge in [0.2, 0.25) is 0 Å². The number of anilines is 2. The lowest BCUT2D eigenvalue weighted by molar-refractivity contribution is 0.168. The second-order valence-electron chi connectivity index (χ2n) is 4.38. The van der Waals surface area contributed by atoms with Crippen LogP contribution < -0.4 is 10.6 Å². The molecule has 0 aliphatic heterocycles. The first-order valence-electron chi connectivity index (χ1n) is 6.70. The Morgan fingerprint density at radius 1 is 1.19 bits per heavy atom. The van der Waals surface area contributed by atoms with E-state index in [1.165, 1.54) is 6.07 Å². The van der Waals surface area contributed by atoms with Gasteiger partial charge in [0.1, 0.15) is 5.82 Å². The Hall–Kier alpha value is -2.56. The van der Waals surface area contributed by atoms with Crippen molar-refractivity contribution in [1.29, 1.82) is 0 Å². The fraction of sp³-hybridized carbons (Fsp3) is 0.188. The summed E-state index contributed by atoms with van der Waals surface area (Å²) < 4.78 is 18.3. The van der Waals surface area contributed by atoms with Gasteiger partial charge in [-0.15, -0.1) is 0 Å². The zero-order chi connectivity index (χ0) is 15.1. The van der Waals surface area contributed by atoms with E-state index in [0.717, 1.165) is 5.56 Å². The Balaban J connectivity index is 1.98. The number of hydrogen-bond acceptors (Lipinski definition) is 3. The van der Waals surface area contributed by atoms with Crippen LogP contribution >= 0.6 is 0 Å². The molecule has 0 aliphatic rings. The third-order valence-corrected chi connectivity index (χ3v) is 2.81. The average Bonchev–Trinajstić information content (AvgIpc) is 2.47. The number of carbonyl (C=O) groups excluding carboxylic acids is 1. The summed E-state index contributed by atoms with van der Waals surface area (Å²) in [5, 5.41) is 5.65. The Bertz CT molecular complexity index is 617. The third kappa shape index (κ3) is 4.49. The molecular formula is C16H17FN2O2. The Labute approximate surface area is 122 Å². The summed E-state index contributed by atoms with van der Waals surface area (Å²) in [6.45, 7) is 2.52. The molecule has 0 saturated carbocycles. The Kier molecular flexibility index (Phi) is 5.15. The smallest absolute Gasteiger partial charge is 0.411 e. The van der Waals surface area contributed by atoms with E-state index in [0.29, 0.717) is 24.5 Å². The van der Waals surface area contributed by atoms with Crippen molar-refractivity contribution in [2.75, 3.05) is 17.2 Å². The van der Waals surface area contributed by atoms with Crippen LogP contribution in [0.5, 0.6) is 0 Å². The van der Waals surface area contributed by atoms with Gasteiger partial charge in [-0.1, -0.05) is 24.3 Å². The van der Waals surface area contributed by atoms with Gasteiger partial charge in [0.25, 0.3) is 0 Å². The first-order valence-corrected chi connectivity index (χ1v) is 6.70. The molecule has 0 bridgehead atoms. The molecule has 1 amide bonds. The van der Waals surface area contributed by atoms with Crippen LogP contribution in [0.4, 0.5) is 20.6 Å². The van der Waals surface area contributed by atoms with E-state index in [1.54, 1.807) is 31.2 Å². The molecule has 0 radical (unpaired) electrons. The summed E-state index contributed by atoms with van der Waals surface area (Å²) in [5.41, 5.74) is 2.01. The highest BCUT2D eigenvalue weighted by Gasteiger charge is 2.03. The maximum atomic E-state index is 13.5. The number of carbonyl (C=O) groups is 1. The minimum Gasteiger partial charge on any atom is -0.450 e. The van der Waals surface area contributed by atoms with Crippen molar-refractivity contribution in [2.24, 2.45) is 0 Å². The molecule has 5 heteroatoms. The van der Waals surface area contributed by atoms with Gasteiger partial charge in [-0.3, -0.25) is 5.32 Å². The van der Waals surface area contributed by atoms with Crippen molar-refractivity contribution in [3.63, 3.8) is 0 Å². The number of benzene rings is 2. The molecule has 2 rings (SSSR count). The van der Waals surface area contributed by atoms with Crippen molar-refractivity contribution in [2.45, 2.75) is 13.5 Å². The number of ether oxygens (including phenoxy) is 1. The monoisotopic (exact) mass is 288 g/mol. The van der Waals surface area contributed by atoms with E-state index in [4.69, 9.17) is 4.74 Å². The summed E-state index contributed by atoms with van der Waals surface area (Å²) in [4.78, 5) is 11.3. The summed E-state index contributed by atoms with van der Waals surface area (Å²) in [5.74, 6) is -0.293. The maximum Gasteiger partial charge on any atom is 0.411 e. The van der Waals surface area contributed by atoms with Crippen molar-refractivity contribution < 1.29 is 13.9 Å². The van der Waals surface area contributed by atoms with Gasteiger partial charge in [0.05, 0.1) is 12.3 Å². The van der Waals surface area contributed by atoms with E-state index in [-0.39, 0.29) is 5.82 Å². The average molecular weight is 288 g/mol. The second-order valence-corrected chi connectivity index (χ2v) is 4.38. The maximum absolute atomic E-state index is 13.5. The van der Waals surface area contributed by atoms with Crippen LogP contribution in [0.1, 0.15) is 12.5 Å².